The van der Waals surface area contributed by atoms with E-state index in [1.807, 2.05) is 30.3 Å². The minimum Gasteiger partial charge on any atom is -0.479 e. The topological polar surface area (TPSA) is 96.8 Å². The highest BCUT2D eigenvalue weighted by Gasteiger charge is 2.21. The molecule has 0 bridgehead atoms. The van der Waals surface area contributed by atoms with Crippen LogP contribution in [0, 0.1) is 5.53 Å². The molecule has 0 saturated carbocycles. The number of ether oxygens (including phenoxy) is 1. The van der Waals surface area contributed by atoms with Gasteiger partial charge in [0, 0.05) is 0 Å². The van der Waals surface area contributed by atoms with E-state index in [-0.39, 0.29) is 6.61 Å². The van der Waals surface area contributed by atoms with Gasteiger partial charge >= 0.3 is 5.97 Å². The summed E-state index contributed by atoms with van der Waals surface area (Å²) in [5.41, 5.74) is 7.42. The molecule has 1 aromatic carbocycles. The number of hydrogen-bond donors (Lipinski definition) is 2. The first-order chi connectivity index (χ1) is 7.74. The van der Waals surface area contributed by atoms with Gasteiger partial charge in [-0.1, -0.05) is 30.3 Å². The first-order valence-electron chi connectivity index (χ1n) is 4.65. The van der Waals surface area contributed by atoms with Gasteiger partial charge in [-0.3, -0.25) is 0 Å². The van der Waals surface area contributed by atoms with Gasteiger partial charge in [-0.2, -0.15) is 0 Å². The number of rotatable bonds is 6. The number of benzene rings is 1. The molecule has 0 saturated heterocycles. The predicted octanol–water partition coefficient (Wildman–Crippen LogP) is 1.21. The Balaban J connectivity index is 2.39. The molecule has 1 aromatic rings. The van der Waals surface area contributed by atoms with Crippen molar-refractivity contribution < 1.29 is 14.6 Å². The molecule has 16 heavy (non-hydrogen) atoms. The quantitative estimate of drug-likeness (QED) is 0.559. The van der Waals surface area contributed by atoms with Crippen molar-refractivity contribution >= 4 is 5.97 Å². The van der Waals surface area contributed by atoms with Crippen LogP contribution in [0.15, 0.2) is 35.4 Å². The summed E-state index contributed by atoms with van der Waals surface area (Å²) in [6, 6.07) is 8.27. The summed E-state index contributed by atoms with van der Waals surface area (Å²) < 4.78 is 5.18. The lowest BCUT2D eigenvalue weighted by molar-refractivity contribution is -0.140. The maximum absolute atomic E-state index is 10.6. The number of hydrogen-bond acceptors (Lipinski definition) is 4. The molecule has 0 aliphatic carbocycles. The lowest BCUT2D eigenvalue weighted by atomic mass is 10.2. The second kappa shape index (κ2) is 6.44. The molecule has 84 valence electrons. The van der Waals surface area contributed by atoms with Crippen LogP contribution in [0.1, 0.15) is 5.56 Å². The van der Waals surface area contributed by atoms with Gasteiger partial charge in [0.25, 0.3) is 6.04 Å². The van der Waals surface area contributed by atoms with Gasteiger partial charge in [0.05, 0.1) is 13.2 Å². The van der Waals surface area contributed by atoms with Gasteiger partial charge in [-0.05, 0) is 5.56 Å². The summed E-state index contributed by atoms with van der Waals surface area (Å²) in [6.07, 6.45) is 0. The minimum absolute atomic E-state index is 0.0907. The number of nitrogens with zero attached hydrogens (tertiary/aromatic N) is 2. The van der Waals surface area contributed by atoms with Crippen LogP contribution in [0.4, 0.5) is 0 Å². The van der Waals surface area contributed by atoms with Gasteiger partial charge < -0.3 is 9.84 Å². The average Bonchev–Trinajstić information content (AvgIpc) is 2.29. The monoisotopic (exact) mass is 222 g/mol. The van der Waals surface area contributed by atoms with Gasteiger partial charge in [0.15, 0.2) is 0 Å². The van der Waals surface area contributed by atoms with Crippen molar-refractivity contribution in [1.82, 2.24) is 4.91 Å². The van der Waals surface area contributed by atoms with Crippen molar-refractivity contribution in [2.75, 3.05) is 6.61 Å². The Hall–Kier alpha value is -2.04. The standard InChI is InChI=1S/C10H11N3O3/c11-13-12-9(10(14)15)7-16-6-8-4-2-1-3-5-8/h1-5,9,11H,6-7H2/p+1. The van der Waals surface area contributed by atoms with Crippen LogP contribution in [0.2, 0.25) is 0 Å². The Morgan fingerprint density at radius 3 is 2.75 bits per heavy atom. The lowest BCUT2D eigenvalue weighted by Crippen LogP contribution is -2.23. The molecule has 0 aliphatic heterocycles. The third kappa shape index (κ3) is 4.00. The normalized spacial score (nSPS) is 11.5. The molecular formula is C10H12N3O3+. The number of nitrogens with one attached hydrogen (secondary N) is 1. The zero-order chi connectivity index (χ0) is 11.8. The van der Waals surface area contributed by atoms with Crippen LogP contribution >= 0.6 is 0 Å². The molecular weight excluding hydrogens is 210 g/mol. The van der Waals surface area contributed by atoms with Crippen LogP contribution in [0.5, 0.6) is 0 Å². The van der Waals surface area contributed by atoms with Crippen molar-refractivity contribution in [1.29, 1.82) is 5.53 Å². The maximum Gasteiger partial charge on any atom is 0.338 e. The molecule has 0 heterocycles. The molecule has 1 atom stereocenters. The number of aliphatic carboxylic acids is 1. The van der Waals surface area contributed by atoms with E-state index in [9.17, 15) is 4.79 Å². The van der Waals surface area contributed by atoms with E-state index in [0.717, 1.165) is 5.56 Å². The Kier molecular flexibility index (Phi) is 4.85. The summed E-state index contributed by atoms with van der Waals surface area (Å²) in [5.74, 6) is -1.15. The molecule has 6 heteroatoms. The van der Waals surface area contributed by atoms with Crippen LogP contribution in [-0.4, -0.2) is 23.7 Å². The van der Waals surface area contributed by atoms with Gasteiger partial charge in [0.1, 0.15) is 10.6 Å². The van der Waals surface area contributed by atoms with Crippen molar-refractivity contribution in [3.63, 3.8) is 0 Å². The molecule has 6 nitrogen and oxygen atoms in total. The highest BCUT2D eigenvalue weighted by atomic mass is 16.5. The SMILES string of the molecule is N=[N+]=NC(COCc1ccccc1)C(=O)O. The fraction of sp³-hybridized carbons (Fsp3) is 0.300. The molecule has 0 aliphatic rings. The van der Waals surface area contributed by atoms with Crippen LogP contribution in [0.25, 0.3) is 0 Å². The second-order valence-electron chi connectivity index (χ2n) is 3.07. The van der Waals surface area contributed by atoms with Gasteiger partial charge in [-0.25, -0.2) is 4.79 Å². The van der Waals surface area contributed by atoms with Crippen molar-refractivity contribution in [2.45, 2.75) is 12.6 Å². The Labute approximate surface area is 92.1 Å². The minimum atomic E-state index is -1.15. The Morgan fingerprint density at radius 1 is 1.50 bits per heavy atom. The maximum atomic E-state index is 10.6. The molecule has 1 unspecified atom stereocenters. The van der Waals surface area contributed by atoms with E-state index in [1.165, 1.54) is 0 Å². The number of carbonyl (C=O) groups is 1. The Morgan fingerprint density at radius 2 is 2.19 bits per heavy atom. The highest BCUT2D eigenvalue weighted by Crippen LogP contribution is 2.01. The van der Waals surface area contributed by atoms with E-state index in [2.05, 4.69) is 10.0 Å². The van der Waals surface area contributed by atoms with Crippen LogP contribution < -0.4 is 4.91 Å². The van der Waals surface area contributed by atoms with Crippen molar-refractivity contribution in [3.8, 4) is 0 Å². The predicted molar refractivity (Wildman–Crippen MR) is 54.8 cm³/mol. The molecule has 1 rings (SSSR count). The van der Waals surface area contributed by atoms with E-state index in [1.54, 1.807) is 0 Å². The second-order valence-corrected chi connectivity index (χ2v) is 3.07. The number of carboxylic acid groups (broad SMARTS) is 1. The highest BCUT2D eigenvalue weighted by molar-refractivity contribution is 5.73. The third-order valence-corrected chi connectivity index (χ3v) is 1.87. The largest absolute Gasteiger partial charge is 0.479 e. The Bertz CT molecular complexity index is 386. The lowest BCUT2D eigenvalue weighted by Gasteiger charge is -2.04. The fourth-order valence-corrected chi connectivity index (χ4v) is 1.09. The van der Waals surface area contributed by atoms with E-state index in [0.29, 0.717) is 6.61 Å². The summed E-state index contributed by atoms with van der Waals surface area (Å²) in [4.78, 5) is 13.3. The molecule has 0 amide bonds. The zero-order valence-corrected chi connectivity index (χ0v) is 8.54. The van der Waals surface area contributed by atoms with Crippen LogP contribution in [-0.2, 0) is 16.1 Å². The van der Waals surface area contributed by atoms with Crippen LogP contribution in [0.3, 0.4) is 0 Å². The molecule has 0 radical (unpaired) electrons. The van der Waals surface area contributed by atoms with E-state index < -0.39 is 12.0 Å². The summed E-state index contributed by atoms with van der Waals surface area (Å²) >= 11 is 0. The first kappa shape index (κ1) is 12.0. The summed E-state index contributed by atoms with van der Waals surface area (Å²) in [7, 11) is 0. The zero-order valence-electron chi connectivity index (χ0n) is 8.54. The molecule has 0 fully saturated rings. The van der Waals surface area contributed by atoms with E-state index >= 15 is 0 Å². The molecule has 0 aromatic heterocycles. The molecule has 0 spiro atoms. The summed E-state index contributed by atoms with van der Waals surface area (Å²) in [6.45, 7) is 0.227. The van der Waals surface area contributed by atoms with Crippen molar-refractivity contribution in [2.24, 2.45) is 5.11 Å². The molecule has 2 N–H and O–H groups in total. The number of carboxylic acids is 1. The first-order valence-corrected chi connectivity index (χ1v) is 4.65. The average molecular weight is 222 g/mol. The fourth-order valence-electron chi connectivity index (χ4n) is 1.09. The van der Waals surface area contributed by atoms with Gasteiger partial charge in [-0.15, -0.1) is 0 Å². The van der Waals surface area contributed by atoms with E-state index in [4.69, 9.17) is 15.4 Å². The van der Waals surface area contributed by atoms with Gasteiger partial charge in [0.2, 0.25) is 4.91 Å². The smallest absolute Gasteiger partial charge is 0.338 e. The van der Waals surface area contributed by atoms with Crippen molar-refractivity contribution in [3.05, 3.63) is 35.9 Å². The third-order valence-electron chi connectivity index (χ3n) is 1.87. The summed E-state index contributed by atoms with van der Waals surface area (Å²) in [5, 5.41) is 11.9.